The van der Waals surface area contributed by atoms with E-state index < -0.39 is 5.25 Å². The molecule has 0 radical (unpaired) electrons. The summed E-state index contributed by atoms with van der Waals surface area (Å²) in [6.45, 7) is 2.05. The summed E-state index contributed by atoms with van der Waals surface area (Å²) < 4.78 is 0. The van der Waals surface area contributed by atoms with E-state index in [1.165, 1.54) is 17.3 Å². The number of anilines is 1. The number of amides is 2. The van der Waals surface area contributed by atoms with Gasteiger partial charge in [0.25, 0.3) is 5.91 Å². The fourth-order valence-electron chi connectivity index (χ4n) is 4.08. The van der Waals surface area contributed by atoms with Crippen molar-refractivity contribution in [3.05, 3.63) is 101 Å². The van der Waals surface area contributed by atoms with Crippen molar-refractivity contribution in [2.45, 2.75) is 31.1 Å². The van der Waals surface area contributed by atoms with Gasteiger partial charge in [-0.25, -0.2) is 5.01 Å². The largest absolute Gasteiger partial charge is 0.325 e. The van der Waals surface area contributed by atoms with Crippen LogP contribution in [0, 0.1) is 6.92 Å². The minimum Gasteiger partial charge on any atom is -0.325 e. The van der Waals surface area contributed by atoms with E-state index in [9.17, 15) is 9.59 Å². The van der Waals surface area contributed by atoms with Gasteiger partial charge in [0.1, 0.15) is 5.25 Å². The molecule has 0 fully saturated rings. The number of hydrogen-bond acceptors (Lipinski definition) is 5. The molecule has 3 aromatic rings. The van der Waals surface area contributed by atoms with Crippen molar-refractivity contribution in [1.29, 1.82) is 0 Å². The lowest BCUT2D eigenvalue weighted by Crippen LogP contribution is -2.25. The quantitative estimate of drug-likeness (QED) is 0.476. The Labute approximate surface area is 213 Å². The van der Waals surface area contributed by atoms with Crippen molar-refractivity contribution in [2.24, 2.45) is 10.1 Å². The van der Waals surface area contributed by atoms with E-state index in [1.807, 2.05) is 35.3 Å². The molecule has 3 aromatic carbocycles. The van der Waals surface area contributed by atoms with Crippen LogP contribution in [0.1, 0.15) is 35.6 Å². The molecule has 0 aliphatic carbocycles. The van der Waals surface area contributed by atoms with Crippen LogP contribution < -0.4 is 5.32 Å². The first-order chi connectivity index (χ1) is 17.0. The number of carbonyl (C=O) groups excluding carboxylic acids is 2. The lowest BCUT2D eigenvalue weighted by Gasteiger charge is -2.23. The number of nitrogens with zero attached hydrogens (tertiary/aromatic N) is 3. The highest BCUT2D eigenvalue weighted by atomic mass is 35.5. The lowest BCUT2D eigenvalue weighted by atomic mass is 9.98. The first-order valence-corrected chi connectivity index (χ1v) is 12.6. The van der Waals surface area contributed by atoms with Gasteiger partial charge in [-0.1, -0.05) is 95.7 Å². The summed E-state index contributed by atoms with van der Waals surface area (Å²) in [4.78, 5) is 29.7. The zero-order valence-electron chi connectivity index (χ0n) is 19.0. The maximum Gasteiger partial charge on any atom is 0.262 e. The third kappa shape index (κ3) is 5.16. The van der Waals surface area contributed by atoms with E-state index >= 15 is 0 Å². The third-order valence-electron chi connectivity index (χ3n) is 5.92. The molecule has 0 spiro atoms. The van der Waals surface area contributed by atoms with Crippen LogP contribution in [0.4, 0.5) is 5.69 Å². The summed E-state index contributed by atoms with van der Waals surface area (Å²) in [5.74, 6) is -0.615. The minimum atomic E-state index is -0.609. The molecule has 2 amide bonds. The maximum absolute atomic E-state index is 12.7. The van der Waals surface area contributed by atoms with Gasteiger partial charge in [0.2, 0.25) is 5.91 Å². The van der Waals surface area contributed by atoms with E-state index in [0.29, 0.717) is 22.3 Å². The van der Waals surface area contributed by atoms with Crippen LogP contribution in [0.5, 0.6) is 0 Å². The molecule has 0 saturated heterocycles. The predicted molar refractivity (Wildman–Crippen MR) is 142 cm³/mol. The molecule has 35 heavy (non-hydrogen) atoms. The van der Waals surface area contributed by atoms with Crippen molar-refractivity contribution in [3.63, 3.8) is 0 Å². The number of amidine groups is 1. The van der Waals surface area contributed by atoms with Crippen LogP contribution in [-0.2, 0) is 9.59 Å². The summed E-state index contributed by atoms with van der Waals surface area (Å²) in [6.07, 6.45) is 0.693. The second kappa shape index (κ2) is 10.1. The molecule has 6 nitrogen and oxygen atoms in total. The highest BCUT2D eigenvalue weighted by Gasteiger charge is 2.39. The summed E-state index contributed by atoms with van der Waals surface area (Å²) in [6, 6.07) is 25.3. The van der Waals surface area contributed by atoms with Crippen molar-refractivity contribution >= 4 is 51.7 Å². The predicted octanol–water partition coefficient (Wildman–Crippen LogP) is 5.83. The summed E-state index contributed by atoms with van der Waals surface area (Å²) in [7, 11) is 0. The number of aryl methyl sites for hydroxylation is 1. The molecule has 0 bridgehead atoms. The first-order valence-electron chi connectivity index (χ1n) is 11.3. The summed E-state index contributed by atoms with van der Waals surface area (Å²) >= 11 is 7.42. The summed E-state index contributed by atoms with van der Waals surface area (Å²) in [5, 5.41) is 9.85. The number of halogens is 1. The zero-order chi connectivity index (χ0) is 24.4. The van der Waals surface area contributed by atoms with Crippen molar-refractivity contribution in [1.82, 2.24) is 5.01 Å². The molecule has 2 heterocycles. The number of aliphatic imine (C=N–C) groups is 1. The fraction of sp³-hybridized carbons (Fsp3) is 0.185. The number of thioether (sulfide) groups is 1. The number of hydrazone groups is 1. The SMILES string of the molecule is Cc1ccc([C@@H]2CC(c3ccccc3)=NN2C2=NC(=O)[C@@H](CC(=O)Nc3ccccc3Cl)S2)cc1. The second-order valence-corrected chi connectivity index (χ2v) is 10.0. The Hall–Kier alpha value is -3.42. The number of carbonyl (C=O) groups is 2. The van der Waals surface area contributed by atoms with E-state index in [-0.39, 0.29) is 24.3 Å². The normalized spacial score (nSPS) is 19.5. The smallest absolute Gasteiger partial charge is 0.262 e. The number of benzene rings is 3. The van der Waals surface area contributed by atoms with Gasteiger partial charge in [-0.05, 0) is 30.2 Å². The van der Waals surface area contributed by atoms with Gasteiger partial charge in [-0.3, -0.25) is 9.59 Å². The van der Waals surface area contributed by atoms with Gasteiger partial charge < -0.3 is 5.32 Å². The molecule has 176 valence electrons. The standard InChI is InChI=1S/C27H23ClN4O2S/c1-17-11-13-19(14-12-17)23-15-22(18-7-3-2-4-8-18)31-32(23)27-30-26(34)24(35-27)16-25(33)29-21-10-6-5-9-20(21)28/h2-14,23-24H,15-16H2,1H3,(H,29,33)/t23-,24+/m0/s1. The van der Waals surface area contributed by atoms with E-state index in [0.717, 1.165) is 16.8 Å². The van der Waals surface area contributed by atoms with Gasteiger partial charge in [0.15, 0.2) is 5.17 Å². The van der Waals surface area contributed by atoms with Crippen molar-refractivity contribution in [3.8, 4) is 0 Å². The van der Waals surface area contributed by atoms with Crippen molar-refractivity contribution < 1.29 is 9.59 Å². The Kier molecular flexibility index (Phi) is 6.70. The van der Waals surface area contributed by atoms with E-state index in [1.54, 1.807) is 24.3 Å². The molecule has 2 aliphatic heterocycles. The van der Waals surface area contributed by atoms with Crippen LogP contribution in [0.2, 0.25) is 5.02 Å². The molecule has 8 heteroatoms. The number of para-hydroxylation sites is 1. The molecule has 5 rings (SSSR count). The molecule has 2 atom stereocenters. The Morgan fingerprint density at radius 3 is 2.51 bits per heavy atom. The van der Waals surface area contributed by atoms with Gasteiger partial charge in [-0.2, -0.15) is 10.1 Å². The molecular formula is C27H23ClN4O2S. The van der Waals surface area contributed by atoms with Crippen LogP contribution in [0.3, 0.4) is 0 Å². The van der Waals surface area contributed by atoms with Crippen LogP contribution in [-0.4, -0.2) is 33.0 Å². The summed E-state index contributed by atoms with van der Waals surface area (Å²) in [5.41, 5.74) is 4.77. The Morgan fingerprint density at radius 2 is 1.77 bits per heavy atom. The first kappa shape index (κ1) is 23.3. The molecule has 0 unspecified atom stereocenters. The van der Waals surface area contributed by atoms with E-state index in [2.05, 4.69) is 41.5 Å². The second-order valence-electron chi connectivity index (χ2n) is 8.46. The Balaban J connectivity index is 1.35. The van der Waals surface area contributed by atoms with Crippen LogP contribution in [0.15, 0.2) is 89.0 Å². The molecular weight excluding hydrogens is 480 g/mol. The van der Waals surface area contributed by atoms with Gasteiger partial charge in [-0.15, -0.1) is 0 Å². The number of hydrogen-bond donors (Lipinski definition) is 1. The van der Waals surface area contributed by atoms with Gasteiger partial charge >= 0.3 is 0 Å². The number of rotatable bonds is 5. The zero-order valence-corrected chi connectivity index (χ0v) is 20.6. The average molecular weight is 503 g/mol. The van der Waals surface area contributed by atoms with Gasteiger partial charge in [0, 0.05) is 12.8 Å². The average Bonchev–Trinajstić information content (AvgIpc) is 3.46. The maximum atomic E-state index is 12.7. The van der Waals surface area contributed by atoms with Gasteiger partial charge in [0.05, 0.1) is 22.5 Å². The molecule has 0 saturated carbocycles. The fourth-order valence-corrected chi connectivity index (χ4v) is 5.32. The molecule has 2 aliphatic rings. The Morgan fingerprint density at radius 1 is 1.06 bits per heavy atom. The monoisotopic (exact) mass is 502 g/mol. The molecule has 1 N–H and O–H groups in total. The Bertz CT molecular complexity index is 1320. The highest BCUT2D eigenvalue weighted by Crippen LogP contribution is 2.38. The van der Waals surface area contributed by atoms with Crippen molar-refractivity contribution in [2.75, 3.05) is 5.32 Å². The van der Waals surface area contributed by atoms with E-state index in [4.69, 9.17) is 16.7 Å². The third-order valence-corrected chi connectivity index (χ3v) is 7.39. The minimum absolute atomic E-state index is 0.0000181. The topological polar surface area (TPSA) is 74.1 Å². The number of nitrogens with one attached hydrogen (secondary N) is 1. The molecule has 0 aromatic heterocycles. The van der Waals surface area contributed by atoms with Crippen LogP contribution >= 0.6 is 23.4 Å². The highest BCUT2D eigenvalue weighted by molar-refractivity contribution is 8.15. The lowest BCUT2D eigenvalue weighted by molar-refractivity contribution is -0.121. The van der Waals surface area contributed by atoms with Crippen LogP contribution in [0.25, 0.3) is 0 Å².